The van der Waals surface area contributed by atoms with Crippen LogP contribution in [0.2, 0.25) is 0 Å². The van der Waals surface area contributed by atoms with Crippen LogP contribution < -0.4 is 15.4 Å². The van der Waals surface area contributed by atoms with E-state index in [4.69, 9.17) is 9.47 Å². The van der Waals surface area contributed by atoms with Gasteiger partial charge in [-0.25, -0.2) is 0 Å². The van der Waals surface area contributed by atoms with Gasteiger partial charge in [0.15, 0.2) is 5.96 Å². The molecule has 2 rings (SSSR count). The van der Waals surface area contributed by atoms with E-state index >= 15 is 0 Å². The van der Waals surface area contributed by atoms with Crippen LogP contribution in [0.1, 0.15) is 31.7 Å². The second kappa shape index (κ2) is 10.8. The van der Waals surface area contributed by atoms with Crippen LogP contribution in [-0.2, 0) is 4.74 Å². The Kier molecular flexibility index (Phi) is 9.43. The Morgan fingerprint density at radius 3 is 2.67 bits per heavy atom. The molecule has 0 radical (unpaired) electrons. The number of benzene rings is 1. The molecular formula is C18H30IN3O2. The second-order valence-electron chi connectivity index (χ2n) is 6.27. The van der Waals surface area contributed by atoms with E-state index in [0.717, 1.165) is 50.7 Å². The summed E-state index contributed by atoms with van der Waals surface area (Å²) in [4.78, 5) is 4.24. The molecule has 0 aromatic heterocycles. The molecule has 136 valence electrons. The first kappa shape index (κ1) is 21.0. The number of ether oxygens (including phenoxy) is 2. The summed E-state index contributed by atoms with van der Waals surface area (Å²) >= 11 is 0. The number of guanidine groups is 1. The zero-order valence-electron chi connectivity index (χ0n) is 14.9. The van der Waals surface area contributed by atoms with E-state index in [1.807, 2.05) is 12.1 Å². The van der Waals surface area contributed by atoms with Gasteiger partial charge in [-0.2, -0.15) is 0 Å². The van der Waals surface area contributed by atoms with E-state index < -0.39 is 0 Å². The van der Waals surface area contributed by atoms with E-state index in [9.17, 15) is 0 Å². The first-order valence-corrected chi connectivity index (χ1v) is 8.39. The standard InChI is InChI=1S/C18H29N3O2.HI/c1-15-6-8-16(9-7-15)22-12-5-11-20-17(19-3)21-14-18(2)10-4-13-23-18;/h6-9H,4-5,10-14H2,1-3H3,(H2,19,20,21);1H. The molecule has 1 aliphatic heterocycles. The molecular weight excluding hydrogens is 417 g/mol. The van der Waals surface area contributed by atoms with Gasteiger partial charge in [0.25, 0.3) is 0 Å². The fraction of sp³-hybridized carbons (Fsp3) is 0.611. The van der Waals surface area contributed by atoms with Gasteiger partial charge in [0.2, 0.25) is 0 Å². The summed E-state index contributed by atoms with van der Waals surface area (Å²) in [6.07, 6.45) is 3.16. The average Bonchev–Trinajstić information content (AvgIpc) is 2.99. The molecule has 6 heteroatoms. The predicted molar refractivity (Wildman–Crippen MR) is 110 cm³/mol. The van der Waals surface area contributed by atoms with Gasteiger partial charge in [0.1, 0.15) is 5.75 Å². The molecule has 1 saturated heterocycles. The zero-order chi connectivity index (χ0) is 16.5. The van der Waals surface area contributed by atoms with Crippen molar-refractivity contribution in [2.75, 3.05) is 33.4 Å². The Balaban J connectivity index is 0.00000288. The molecule has 1 aromatic carbocycles. The molecule has 24 heavy (non-hydrogen) atoms. The lowest BCUT2D eigenvalue weighted by atomic mass is 10.0. The van der Waals surface area contributed by atoms with Crippen molar-refractivity contribution in [2.45, 2.75) is 38.7 Å². The van der Waals surface area contributed by atoms with Gasteiger partial charge in [0.05, 0.1) is 12.2 Å². The quantitative estimate of drug-likeness (QED) is 0.292. The summed E-state index contributed by atoms with van der Waals surface area (Å²) in [6, 6.07) is 8.13. The lowest BCUT2D eigenvalue weighted by molar-refractivity contribution is 0.0243. The zero-order valence-corrected chi connectivity index (χ0v) is 17.3. The second-order valence-corrected chi connectivity index (χ2v) is 6.27. The van der Waals surface area contributed by atoms with Crippen molar-refractivity contribution >= 4 is 29.9 Å². The van der Waals surface area contributed by atoms with Crippen molar-refractivity contribution in [3.63, 3.8) is 0 Å². The summed E-state index contributed by atoms with van der Waals surface area (Å²) in [7, 11) is 1.79. The van der Waals surface area contributed by atoms with E-state index in [0.29, 0.717) is 6.61 Å². The third kappa shape index (κ3) is 7.25. The summed E-state index contributed by atoms with van der Waals surface area (Å²) in [5.74, 6) is 1.74. The number of hydrogen-bond donors (Lipinski definition) is 2. The van der Waals surface area contributed by atoms with E-state index in [2.05, 4.69) is 41.6 Å². The molecule has 0 amide bonds. The normalized spacial score (nSPS) is 20.4. The number of halogens is 1. The van der Waals surface area contributed by atoms with Crippen LogP contribution in [0.25, 0.3) is 0 Å². The summed E-state index contributed by atoms with van der Waals surface area (Å²) in [5.41, 5.74) is 1.18. The average molecular weight is 447 g/mol. The number of hydrogen-bond acceptors (Lipinski definition) is 3. The Morgan fingerprint density at radius 1 is 1.29 bits per heavy atom. The highest BCUT2D eigenvalue weighted by atomic mass is 127. The fourth-order valence-corrected chi connectivity index (χ4v) is 2.57. The van der Waals surface area contributed by atoms with Crippen LogP contribution >= 0.6 is 24.0 Å². The van der Waals surface area contributed by atoms with Gasteiger partial charge in [-0.1, -0.05) is 17.7 Å². The summed E-state index contributed by atoms with van der Waals surface area (Å²) in [6.45, 7) is 7.38. The number of rotatable bonds is 7. The van der Waals surface area contributed by atoms with Crippen LogP contribution in [0.15, 0.2) is 29.3 Å². The van der Waals surface area contributed by atoms with E-state index in [-0.39, 0.29) is 29.6 Å². The molecule has 0 spiro atoms. The van der Waals surface area contributed by atoms with Crippen LogP contribution in [0, 0.1) is 6.92 Å². The van der Waals surface area contributed by atoms with Gasteiger partial charge >= 0.3 is 0 Å². The highest BCUT2D eigenvalue weighted by Gasteiger charge is 2.29. The van der Waals surface area contributed by atoms with Crippen molar-refractivity contribution in [3.8, 4) is 5.75 Å². The van der Waals surface area contributed by atoms with Crippen molar-refractivity contribution in [1.82, 2.24) is 10.6 Å². The minimum absolute atomic E-state index is 0. The smallest absolute Gasteiger partial charge is 0.191 e. The largest absolute Gasteiger partial charge is 0.494 e. The topological polar surface area (TPSA) is 54.9 Å². The molecule has 1 fully saturated rings. The molecule has 0 bridgehead atoms. The van der Waals surface area contributed by atoms with Crippen molar-refractivity contribution in [3.05, 3.63) is 29.8 Å². The fourth-order valence-electron chi connectivity index (χ4n) is 2.57. The Hall–Kier alpha value is -1.02. The van der Waals surface area contributed by atoms with Gasteiger partial charge in [-0.15, -0.1) is 24.0 Å². The lowest BCUT2D eigenvalue weighted by Gasteiger charge is -2.24. The van der Waals surface area contributed by atoms with Crippen molar-refractivity contribution < 1.29 is 9.47 Å². The third-order valence-electron chi connectivity index (χ3n) is 4.06. The Bertz CT molecular complexity index is 499. The number of aliphatic imine (C=N–C) groups is 1. The molecule has 1 heterocycles. The van der Waals surface area contributed by atoms with E-state index in [1.54, 1.807) is 7.05 Å². The molecule has 1 aliphatic rings. The number of aryl methyl sites for hydroxylation is 1. The Labute approximate surface area is 162 Å². The minimum atomic E-state index is -0.0633. The number of nitrogens with one attached hydrogen (secondary N) is 2. The third-order valence-corrected chi connectivity index (χ3v) is 4.06. The van der Waals surface area contributed by atoms with Crippen molar-refractivity contribution in [2.24, 2.45) is 4.99 Å². The molecule has 0 aliphatic carbocycles. The first-order chi connectivity index (χ1) is 11.1. The molecule has 2 N–H and O–H groups in total. The molecule has 5 nitrogen and oxygen atoms in total. The SMILES string of the molecule is CN=C(NCCCOc1ccc(C)cc1)NCC1(C)CCCO1.I. The number of nitrogens with zero attached hydrogens (tertiary/aromatic N) is 1. The molecule has 0 saturated carbocycles. The van der Waals surface area contributed by atoms with Crippen LogP contribution in [0.5, 0.6) is 5.75 Å². The van der Waals surface area contributed by atoms with Crippen LogP contribution in [-0.4, -0.2) is 44.9 Å². The maximum absolute atomic E-state index is 5.77. The first-order valence-electron chi connectivity index (χ1n) is 8.39. The summed E-state index contributed by atoms with van der Waals surface area (Å²) < 4.78 is 11.5. The predicted octanol–water partition coefficient (Wildman–Crippen LogP) is 3.12. The highest BCUT2D eigenvalue weighted by Crippen LogP contribution is 2.23. The highest BCUT2D eigenvalue weighted by molar-refractivity contribution is 14.0. The maximum Gasteiger partial charge on any atom is 0.191 e. The van der Waals surface area contributed by atoms with Crippen molar-refractivity contribution in [1.29, 1.82) is 0 Å². The maximum atomic E-state index is 5.77. The Morgan fingerprint density at radius 2 is 2.04 bits per heavy atom. The minimum Gasteiger partial charge on any atom is -0.494 e. The van der Waals surface area contributed by atoms with Gasteiger partial charge in [-0.05, 0) is 45.2 Å². The molecule has 1 unspecified atom stereocenters. The van der Waals surface area contributed by atoms with E-state index in [1.165, 1.54) is 5.56 Å². The monoisotopic (exact) mass is 447 g/mol. The van der Waals surface area contributed by atoms with Gasteiger partial charge in [0, 0.05) is 26.7 Å². The van der Waals surface area contributed by atoms with Gasteiger partial charge in [-0.3, -0.25) is 4.99 Å². The lowest BCUT2D eigenvalue weighted by Crippen LogP contribution is -2.45. The summed E-state index contributed by atoms with van der Waals surface area (Å²) in [5, 5.41) is 6.65. The van der Waals surface area contributed by atoms with Gasteiger partial charge < -0.3 is 20.1 Å². The van der Waals surface area contributed by atoms with Crippen LogP contribution in [0.4, 0.5) is 0 Å². The molecule has 1 aromatic rings. The molecule has 1 atom stereocenters. The van der Waals surface area contributed by atoms with Crippen LogP contribution in [0.3, 0.4) is 0 Å².